The number of non-ortho nitro benzene ring substituents is 1. The van der Waals surface area contributed by atoms with Crippen LogP contribution in [0.5, 0.6) is 0 Å². The van der Waals surface area contributed by atoms with Gasteiger partial charge in [0.25, 0.3) is 5.69 Å². The molecule has 1 aromatic carbocycles. The monoisotopic (exact) mass is 278 g/mol. The van der Waals surface area contributed by atoms with Gasteiger partial charge in [-0.2, -0.15) is 0 Å². The zero-order chi connectivity index (χ0) is 14.5. The Labute approximate surface area is 118 Å². The molecule has 0 amide bonds. The van der Waals surface area contributed by atoms with E-state index in [0.29, 0.717) is 11.6 Å². The summed E-state index contributed by atoms with van der Waals surface area (Å²) >= 11 is 0. The molecular weight excluding hydrogens is 256 g/mol. The second-order valence-corrected chi connectivity index (χ2v) is 5.68. The average molecular weight is 278 g/mol. The third-order valence-electron chi connectivity index (χ3n) is 4.03. The molecule has 1 fully saturated rings. The van der Waals surface area contributed by atoms with Crippen LogP contribution < -0.4 is 16.6 Å². The number of benzene rings is 1. The van der Waals surface area contributed by atoms with Gasteiger partial charge >= 0.3 is 0 Å². The quantitative estimate of drug-likeness (QED) is 0.437. The number of hydrogen-bond acceptors (Lipinski definition) is 5. The molecule has 0 aliphatic heterocycles. The standard InChI is InChI=1S/C14H22N4O2/c1-10-2-4-11(5-3-10)9-16-12-6-13(17-15)8-14(7-12)18(19)20/h6-8,10-11,16-17H,2-5,9,15H2,1H3. The Bertz CT molecular complexity index is 470. The lowest BCUT2D eigenvalue weighted by atomic mass is 9.83. The van der Waals surface area contributed by atoms with Crippen molar-refractivity contribution in [3.05, 3.63) is 28.3 Å². The fourth-order valence-corrected chi connectivity index (χ4v) is 2.70. The van der Waals surface area contributed by atoms with Crippen molar-refractivity contribution in [3.63, 3.8) is 0 Å². The van der Waals surface area contributed by atoms with Gasteiger partial charge in [0.2, 0.25) is 0 Å². The van der Waals surface area contributed by atoms with Gasteiger partial charge in [-0.15, -0.1) is 0 Å². The number of nitrogens with zero attached hydrogens (tertiary/aromatic N) is 1. The number of nitrogen functional groups attached to an aromatic ring is 1. The molecule has 1 saturated carbocycles. The topological polar surface area (TPSA) is 93.2 Å². The van der Waals surface area contributed by atoms with Gasteiger partial charge in [-0.1, -0.05) is 19.8 Å². The van der Waals surface area contributed by atoms with E-state index in [1.807, 2.05) is 0 Å². The second kappa shape index (κ2) is 6.56. The first kappa shape index (κ1) is 14.6. The lowest BCUT2D eigenvalue weighted by Crippen LogP contribution is -2.20. The highest BCUT2D eigenvalue weighted by atomic mass is 16.6. The molecule has 110 valence electrons. The Morgan fingerprint density at radius 2 is 1.90 bits per heavy atom. The van der Waals surface area contributed by atoms with Gasteiger partial charge in [-0.05, 0) is 30.7 Å². The minimum atomic E-state index is -0.408. The van der Waals surface area contributed by atoms with Gasteiger partial charge in [0.15, 0.2) is 0 Å². The summed E-state index contributed by atoms with van der Waals surface area (Å²) in [6.07, 6.45) is 5.00. The number of rotatable bonds is 5. The SMILES string of the molecule is CC1CCC(CNc2cc(NN)cc([N+](=O)[O-])c2)CC1. The van der Waals surface area contributed by atoms with Crippen LogP contribution in [0.25, 0.3) is 0 Å². The van der Waals surface area contributed by atoms with Crippen LogP contribution in [0.1, 0.15) is 32.6 Å². The summed E-state index contributed by atoms with van der Waals surface area (Å²) in [5, 5.41) is 14.2. The number of hydrazine groups is 1. The zero-order valence-corrected chi connectivity index (χ0v) is 11.8. The Balaban J connectivity index is 1.98. The molecule has 0 heterocycles. The number of nitro benzene ring substituents is 1. The average Bonchev–Trinajstić information content (AvgIpc) is 2.46. The van der Waals surface area contributed by atoms with Crippen molar-refractivity contribution in [2.45, 2.75) is 32.6 Å². The summed E-state index contributed by atoms with van der Waals surface area (Å²) < 4.78 is 0. The third-order valence-corrected chi connectivity index (χ3v) is 4.03. The van der Waals surface area contributed by atoms with Gasteiger partial charge < -0.3 is 10.7 Å². The fraction of sp³-hybridized carbons (Fsp3) is 0.571. The summed E-state index contributed by atoms with van der Waals surface area (Å²) in [4.78, 5) is 10.5. The van der Waals surface area contributed by atoms with E-state index in [1.54, 1.807) is 12.1 Å². The highest BCUT2D eigenvalue weighted by Crippen LogP contribution is 2.29. The van der Waals surface area contributed by atoms with Gasteiger partial charge in [0.05, 0.1) is 10.6 Å². The Morgan fingerprint density at radius 3 is 2.50 bits per heavy atom. The molecule has 20 heavy (non-hydrogen) atoms. The first-order chi connectivity index (χ1) is 9.58. The summed E-state index contributed by atoms with van der Waals surface area (Å²) in [6, 6.07) is 4.76. The van der Waals surface area contributed by atoms with Crippen LogP contribution in [0.4, 0.5) is 17.1 Å². The summed E-state index contributed by atoms with van der Waals surface area (Å²) in [7, 11) is 0. The van der Waals surface area contributed by atoms with Gasteiger partial charge in [-0.25, -0.2) is 0 Å². The molecule has 0 unspecified atom stereocenters. The van der Waals surface area contributed by atoms with Crippen LogP contribution >= 0.6 is 0 Å². The van der Waals surface area contributed by atoms with Crippen molar-refractivity contribution >= 4 is 17.1 Å². The van der Waals surface area contributed by atoms with Crippen LogP contribution in [-0.4, -0.2) is 11.5 Å². The van der Waals surface area contributed by atoms with E-state index in [0.717, 1.165) is 18.2 Å². The first-order valence-electron chi connectivity index (χ1n) is 7.08. The van der Waals surface area contributed by atoms with E-state index in [1.165, 1.54) is 31.7 Å². The maximum Gasteiger partial charge on any atom is 0.273 e. The van der Waals surface area contributed by atoms with Gasteiger partial charge in [-0.3, -0.25) is 16.0 Å². The maximum absolute atomic E-state index is 10.9. The van der Waals surface area contributed by atoms with E-state index in [-0.39, 0.29) is 5.69 Å². The molecule has 0 bridgehead atoms. The molecule has 1 aromatic rings. The lowest BCUT2D eigenvalue weighted by molar-refractivity contribution is -0.384. The fourth-order valence-electron chi connectivity index (χ4n) is 2.70. The molecule has 6 nitrogen and oxygen atoms in total. The molecule has 6 heteroatoms. The van der Waals surface area contributed by atoms with Crippen LogP contribution in [0.2, 0.25) is 0 Å². The van der Waals surface area contributed by atoms with Crippen molar-refractivity contribution in [2.24, 2.45) is 17.7 Å². The van der Waals surface area contributed by atoms with Crippen molar-refractivity contribution in [3.8, 4) is 0 Å². The maximum atomic E-state index is 10.9. The number of nitro groups is 1. The highest BCUT2D eigenvalue weighted by Gasteiger charge is 2.18. The molecule has 0 spiro atoms. The molecule has 0 radical (unpaired) electrons. The van der Waals surface area contributed by atoms with Crippen LogP contribution in [0, 0.1) is 22.0 Å². The van der Waals surface area contributed by atoms with Crippen molar-refractivity contribution in [1.82, 2.24) is 0 Å². The third kappa shape index (κ3) is 3.84. The summed E-state index contributed by atoms with van der Waals surface area (Å²) in [5.41, 5.74) is 3.79. The molecule has 0 aromatic heterocycles. The molecule has 0 atom stereocenters. The minimum absolute atomic E-state index is 0.0419. The van der Waals surface area contributed by atoms with Crippen LogP contribution in [0.15, 0.2) is 18.2 Å². The number of anilines is 2. The van der Waals surface area contributed by atoms with Crippen molar-refractivity contribution < 1.29 is 4.92 Å². The Kier molecular flexibility index (Phi) is 4.79. The number of hydrogen-bond donors (Lipinski definition) is 3. The van der Waals surface area contributed by atoms with Gasteiger partial charge in [0, 0.05) is 24.4 Å². The summed E-state index contributed by atoms with van der Waals surface area (Å²) in [5.74, 6) is 6.82. The minimum Gasteiger partial charge on any atom is -0.385 e. The molecular formula is C14H22N4O2. The smallest absolute Gasteiger partial charge is 0.273 e. The van der Waals surface area contributed by atoms with Crippen LogP contribution in [0.3, 0.4) is 0 Å². The Hall–Kier alpha value is -1.82. The first-order valence-corrected chi connectivity index (χ1v) is 7.08. The van der Waals surface area contributed by atoms with E-state index in [4.69, 9.17) is 5.84 Å². The van der Waals surface area contributed by atoms with Gasteiger partial charge in [0.1, 0.15) is 0 Å². The summed E-state index contributed by atoms with van der Waals surface area (Å²) in [6.45, 7) is 3.15. The van der Waals surface area contributed by atoms with Crippen molar-refractivity contribution in [2.75, 3.05) is 17.3 Å². The number of nitrogens with two attached hydrogens (primary N) is 1. The van der Waals surface area contributed by atoms with Crippen molar-refractivity contribution in [1.29, 1.82) is 0 Å². The molecule has 0 saturated heterocycles. The van der Waals surface area contributed by atoms with Crippen LogP contribution in [-0.2, 0) is 0 Å². The van der Waals surface area contributed by atoms with E-state index < -0.39 is 4.92 Å². The zero-order valence-electron chi connectivity index (χ0n) is 11.8. The van der Waals surface area contributed by atoms with E-state index in [2.05, 4.69) is 17.7 Å². The molecule has 1 aliphatic rings. The predicted molar refractivity (Wildman–Crippen MR) is 80.5 cm³/mol. The molecule has 2 rings (SSSR count). The van der Waals surface area contributed by atoms with E-state index >= 15 is 0 Å². The lowest BCUT2D eigenvalue weighted by Gasteiger charge is -2.26. The molecule has 1 aliphatic carbocycles. The predicted octanol–water partition coefficient (Wildman–Crippen LogP) is 3.12. The highest BCUT2D eigenvalue weighted by molar-refractivity contribution is 5.63. The molecule has 4 N–H and O–H groups in total. The van der Waals surface area contributed by atoms with E-state index in [9.17, 15) is 10.1 Å². The normalized spacial score (nSPS) is 22.3. The number of nitrogens with one attached hydrogen (secondary N) is 2. The second-order valence-electron chi connectivity index (χ2n) is 5.68. The largest absolute Gasteiger partial charge is 0.385 e. The Morgan fingerprint density at radius 1 is 1.25 bits per heavy atom.